The highest BCUT2D eigenvalue weighted by molar-refractivity contribution is 5.95. The lowest BCUT2D eigenvalue weighted by atomic mass is 10.0. The van der Waals surface area contributed by atoms with Gasteiger partial charge in [-0.3, -0.25) is 18.8 Å². The number of carbonyl (C=O) groups is 1. The second-order valence-electron chi connectivity index (χ2n) is 7.33. The molecule has 0 aliphatic carbocycles. The van der Waals surface area contributed by atoms with E-state index in [0.717, 1.165) is 16.8 Å². The molecule has 0 aliphatic heterocycles. The molecule has 0 bridgehead atoms. The van der Waals surface area contributed by atoms with E-state index in [1.165, 1.54) is 4.57 Å². The van der Waals surface area contributed by atoms with Crippen LogP contribution in [0.15, 0.2) is 53.7 Å². The van der Waals surface area contributed by atoms with Crippen LogP contribution in [0.3, 0.4) is 0 Å². The summed E-state index contributed by atoms with van der Waals surface area (Å²) in [7, 11) is 1.85. The van der Waals surface area contributed by atoms with E-state index in [1.807, 2.05) is 37.5 Å². The summed E-state index contributed by atoms with van der Waals surface area (Å²) < 4.78 is 3.26. The Kier molecular flexibility index (Phi) is 5.78. The van der Waals surface area contributed by atoms with E-state index < -0.39 is 0 Å². The molecule has 0 saturated heterocycles. The number of hydrogen-bond donors (Lipinski definition) is 1. The largest absolute Gasteiger partial charge is 0.352 e. The SMILES string of the molecule is Cc1ccn(-c2cccc(C(C)C)c2)c(=O)c1C(=O)NCCc1cnn(C)c1. The van der Waals surface area contributed by atoms with Crippen molar-refractivity contribution in [2.75, 3.05) is 6.54 Å². The number of rotatable bonds is 6. The highest BCUT2D eigenvalue weighted by Crippen LogP contribution is 2.17. The van der Waals surface area contributed by atoms with Crippen molar-refractivity contribution in [3.63, 3.8) is 0 Å². The van der Waals surface area contributed by atoms with Gasteiger partial charge in [-0.15, -0.1) is 0 Å². The Hall–Kier alpha value is -3.15. The van der Waals surface area contributed by atoms with E-state index >= 15 is 0 Å². The fourth-order valence-electron chi connectivity index (χ4n) is 3.15. The normalized spacial score (nSPS) is 11.0. The molecule has 28 heavy (non-hydrogen) atoms. The molecule has 3 rings (SSSR count). The number of aromatic nitrogens is 3. The summed E-state index contributed by atoms with van der Waals surface area (Å²) in [5, 5.41) is 6.97. The van der Waals surface area contributed by atoms with Gasteiger partial charge in [0.05, 0.1) is 6.20 Å². The molecular formula is C22H26N4O2. The number of amides is 1. The van der Waals surface area contributed by atoms with Crippen molar-refractivity contribution < 1.29 is 4.79 Å². The van der Waals surface area contributed by atoms with Gasteiger partial charge in [-0.2, -0.15) is 5.10 Å². The quantitative estimate of drug-likeness (QED) is 0.717. The lowest BCUT2D eigenvalue weighted by molar-refractivity contribution is 0.0951. The molecule has 0 aliphatic rings. The van der Waals surface area contributed by atoms with Crippen molar-refractivity contribution in [1.29, 1.82) is 0 Å². The lowest BCUT2D eigenvalue weighted by Gasteiger charge is -2.13. The maximum absolute atomic E-state index is 13.0. The van der Waals surface area contributed by atoms with Gasteiger partial charge in [0.25, 0.3) is 11.5 Å². The smallest absolute Gasteiger partial charge is 0.268 e. The van der Waals surface area contributed by atoms with Crippen LogP contribution in [0.5, 0.6) is 0 Å². The van der Waals surface area contributed by atoms with Crippen LogP contribution in [0.2, 0.25) is 0 Å². The summed E-state index contributed by atoms with van der Waals surface area (Å²) in [5.41, 5.74) is 3.49. The van der Waals surface area contributed by atoms with E-state index in [0.29, 0.717) is 24.4 Å². The van der Waals surface area contributed by atoms with E-state index in [2.05, 4.69) is 24.3 Å². The van der Waals surface area contributed by atoms with Crippen LogP contribution < -0.4 is 10.9 Å². The second kappa shape index (κ2) is 8.25. The summed E-state index contributed by atoms with van der Waals surface area (Å²) in [6, 6.07) is 9.65. The molecule has 0 radical (unpaired) electrons. The number of hydrogen-bond acceptors (Lipinski definition) is 3. The molecule has 3 aromatic rings. The average molecular weight is 378 g/mol. The first-order valence-electron chi connectivity index (χ1n) is 9.45. The Bertz CT molecular complexity index is 1050. The molecule has 0 fully saturated rings. The van der Waals surface area contributed by atoms with E-state index in [4.69, 9.17) is 0 Å². The van der Waals surface area contributed by atoms with E-state index in [9.17, 15) is 9.59 Å². The molecule has 2 aromatic heterocycles. The maximum atomic E-state index is 13.0. The molecule has 2 heterocycles. The van der Waals surface area contributed by atoms with Crippen LogP contribution in [0.1, 0.15) is 46.8 Å². The van der Waals surface area contributed by atoms with Crippen LogP contribution in [-0.2, 0) is 13.5 Å². The third-order valence-corrected chi connectivity index (χ3v) is 4.80. The standard InChI is InChI=1S/C22H26N4O2/c1-15(2)18-6-5-7-19(12-18)26-11-9-16(3)20(22(26)28)21(27)23-10-8-17-13-24-25(4)14-17/h5-7,9,11-15H,8,10H2,1-4H3,(H,23,27). The van der Waals surface area contributed by atoms with Gasteiger partial charge in [0.1, 0.15) is 5.56 Å². The topological polar surface area (TPSA) is 68.9 Å². The molecule has 1 amide bonds. The zero-order valence-corrected chi connectivity index (χ0v) is 16.8. The molecule has 1 aromatic carbocycles. The highest BCUT2D eigenvalue weighted by Gasteiger charge is 2.16. The molecule has 0 saturated carbocycles. The van der Waals surface area contributed by atoms with Crippen molar-refractivity contribution >= 4 is 5.91 Å². The first kappa shape index (κ1) is 19.6. The number of nitrogens with zero attached hydrogens (tertiary/aromatic N) is 3. The zero-order chi connectivity index (χ0) is 20.3. The highest BCUT2D eigenvalue weighted by atomic mass is 16.2. The summed E-state index contributed by atoms with van der Waals surface area (Å²) in [6.07, 6.45) is 6.07. The van der Waals surface area contributed by atoms with E-state index in [1.54, 1.807) is 30.1 Å². The Labute approximate surface area is 164 Å². The van der Waals surface area contributed by atoms with Gasteiger partial charge in [0.15, 0.2) is 0 Å². The third kappa shape index (κ3) is 4.22. The van der Waals surface area contributed by atoms with Crippen LogP contribution in [0.4, 0.5) is 0 Å². The van der Waals surface area contributed by atoms with Crippen molar-refractivity contribution in [3.8, 4) is 5.69 Å². The predicted octanol–water partition coefficient (Wildman–Crippen LogP) is 2.98. The van der Waals surface area contributed by atoms with Gasteiger partial charge < -0.3 is 5.32 Å². The van der Waals surface area contributed by atoms with Crippen molar-refractivity contribution in [2.45, 2.75) is 33.1 Å². The van der Waals surface area contributed by atoms with Crippen LogP contribution in [0, 0.1) is 6.92 Å². The Balaban J connectivity index is 1.83. The van der Waals surface area contributed by atoms with Gasteiger partial charge in [0.2, 0.25) is 0 Å². The van der Waals surface area contributed by atoms with Gasteiger partial charge in [-0.25, -0.2) is 0 Å². The van der Waals surface area contributed by atoms with Gasteiger partial charge in [0, 0.05) is 31.7 Å². The van der Waals surface area contributed by atoms with Gasteiger partial charge in [-0.1, -0.05) is 26.0 Å². The predicted molar refractivity (Wildman–Crippen MR) is 110 cm³/mol. The Morgan fingerprint density at radius 3 is 2.71 bits per heavy atom. The molecule has 0 atom stereocenters. The second-order valence-corrected chi connectivity index (χ2v) is 7.33. The minimum absolute atomic E-state index is 0.184. The molecule has 6 heteroatoms. The summed E-state index contributed by atoms with van der Waals surface area (Å²) in [5.74, 6) is 0.0112. The average Bonchev–Trinajstić information content (AvgIpc) is 3.07. The van der Waals surface area contributed by atoms with Gasteiger partial charge >= 0.3 is 0 Å². The van der Waals surface area contributed by atoms with Crippen LogP contribution >= 0.6 is 0 Å². The monoisotopic (exact) mass is 378 g/mol. The maximum Gasteiger partial charge on any atom is 0.268 e. The Morgan fingerprint density at radius 2 is 2.04 bits per heavy atom. The molecule has 0 unspecified atom stereocenters. The minimum Gasteiger partial charge on any atom is -0.352 e. The van der Waals surface area contributed by atoms with Crippen LogP contribution in [-0.4, -0.2) is 26.8 Å². The molecule has 1 N–H and O–H groups in total. The molecule has 6 nitrogen and oxygen atoms in total. The van der Waals surface area contributed by atoms with Crippen molar-refractivity contribution in [3.05, 3.63) is 81.5 Å². The lowest BCUT2D eigenvalue weighted by Crippen LogP contribution is -2.34. The summed E-state index contributed by atoms with van der Waals surface area (Å²) >= 11 is 0. The fourth-order valence-corrected chi connectivity index (χ4v) is 3.15. The molecule has 0 spiro atoms. The number of benzene rings is 1. The zero-order valence-electron chi connectivity index (χ0n) is 16.8. The fraction of sp³-hybridized carbons (Fsp3) is 0.318. The van der Waals surface area contributed by atoms with Crippen molar-refractivity contribution in [2.24, 2.45) is 7.05 Å². The summed E-state index contributed by atoms with van der Waals surface area (Å²) in [4.78, 5) is 25.7. The third-order valence-electron chi connectivity index (χ3n) is 4.80. The number of pyridine rings is 1. The number of carbonyl (C=O) groups excluding carboxylic acids is 1. The van der Waals surface area contributed by atoms with Crippen LogP contribution in [0.25, 0.3) is 5.69 Å². The minimum atomic E-state index is -0.347. The molecule has 146 valence electrons. The number of aryl methyl sites for hydroxylation is 2. The number of nitrogens with one attached hydrogen (secondary N) is 1. The first-order valence-corrected chi connectivity index (χ1v) is 9.45. The molecular weight excluding hydrogens is 352 g/mol. The van der Waals surface area contributed by atoms with E-state index in [-0.39, 0.29) is 17.0 Å². The summed E-state index contributed by atoms with van der Waals surface area (Å²) in [6.45, 7) is 6.45. The van der Waals surface area contributed by atoms with Gasteiger partial charge in [-0.05, 0) is 54.2 Å². The Morgan fingerprint density at radius 1 is 1.25 bits per heavy atom. The first-order chi connectivity index (χ1) is 13.4. The van der Waals surface area contributed by atoms with Crippen molar-refractivity contribution in [1.82, 2.24) is 19.7 Å².